The molecule has 2 aliphatic heterocycles. The third-order valence-corrected chi connectivity index (χ3v) is 8.31. The Balaban J connectivity index is 0.00000462. The molecule has 11 nitrogen and oxygen atoms in total. The molecule has 2 unspecified atom stereocenters. The first-order valence-electron chi connectivity index (χ1n) is 12.2. The number of aryl methyl sites for hydroxylation is 2. The zero-order valence-corrected chi connectivity index (χ0v) is 24.0. The normalized spacial score (nSPS) is 20.6. The van der Waals surface area contributed by atoms with Crippen LogP contribution in [0, 0.1) is 18.7 Å². The van der Waals surface area contributed by atoms with E-state index in [0.717, 1.165) is 4.90 Å². The fourth-order valence-corrected chi connectivity index (χ4v) is 6.09. The summed E-state index contributed by atoms with van der Waals surface area (Å²) in [6.45, 7) is 1.78. The fraction of sp³-hybridized carbons (Fsp3) is 0.458. The maximum Gasteiger partial charge on any atom is 0.408 e. The number of piperidine rings is 1. The van der Waals surface area contributed by atoms with Crippen molar-refractivity contribution in [2.45, 2.75) is 43.4 Å². The Morgan fingerprint density at radius 1 is 1.22 bits per heavy atom. The van der Waals surface area contributed by atoms with Gasteiger partial charge in [0.15, 0.2) is 11.4 Å². The number of hydrogen-bond donors (Lipinski definition) is 3. The lowest BCUT2D eigenvalue weighted by Crippen LogP contribution is -2.57. The molecule has 0 aliphatic carbocycles. The van der Waals surface area contributed by atoms with E-state index in [1.807, 2.05) is 0 Å². The van der Waals surface area contributed by atoms with Gasteiger partial charge in [-0.15, -0.1) is 0 Å². The van der Waals surface area contributed by atoms with Crippen molar-refractivity contribution in [3.05, 3.63) is 41.5 Å². The number of ether oxygens (including phenoxy) is 1. The summed E-state index contributed by atoms with van der Waals surface area (Å²) in [4.78, 5) is 38.6. The van der Waals surface area contributed by atoms with Crippen LogP contribution in [0.15, 0.2) is 29.3 Å². The molecule has 2 aliphatic rings. The standard InChI is InChI=1S/C24H27F4N5O6S.H2S/c1-12-8-15(4-5-16(12)25)30-21(34)19-20-18(10-32(19)3)40(37,38)31-17-6-7-33(9-14(17)11-39-20)23(36)22(35)29-13(2)24(26,27)28;/h4-5,8,10,13-14,17,31H,6-7,9,11H2,1-3H3,(H,29,35)(H,30,34);1H2/t13-,14?,17?;/m0./s1. The molecule has 41 heavy (non-hydrogen) atoms. The van der Waals surface area contributed by atoms with Crippen molar-refractivity contribution in [1.82, 2.24) is 19.5 Å². The quantitative estimate of drug-likeness (QED) is 0.352. The minimum Gasteiger partial charge on any atom is -0.489 e. The van der Waals surface area contributed by atoms with Crippen LogP contribution in [0.2, 0.25) is 0 Å². The number of fused-ring (bicyclic) bond motifs is 2. The second kappa shape index (κ2) is 11.9. The highest BCUT2D eigenvalue weighted by Gasteiger charge is 2.42. The van der Waals surface area contributed by atoms with Gasteiger partial charge in [-0.05, 0) is 44.0 Å². The number of halogens is 4. The molecule has 4 rings (SSSR count). The molecule has 1 aromatic carbocycles. The van der Waals surface area contributed by atoms with Gasteiger partial charge in [-0.2, -0.15) is 26.7 Å². The number of rotatable bonds is 3. The van der Waals surface area contributed by atoms with E-state index in [1.54, 1.807) is 5.32 Å². The van der Waals surface area contributed by atoms with Crippen molar-refractivity contribution in [1.29, 1.82) is 0 Å². The van der Waals surface area contributed by atoms with Crippen LogP contribution < -0.4 is 20.1 Å². The van der Waals surface area contributed by atoms with Gasteiger partial charge in [-0.3, -0.25) is 14.4 Å². The lowest BCUT2D eigenvalue weighted by Gasteiger charge is -2.39. The molecule has 2 aromatic rings. The topological polar surface area (TPSA) is 139 Å². The van der Waals surface area contributed by atoms with Gasteiger partial charge in [-0.1, -0.05) is 0 Å². The third kappa shape index (κ3) is 6.78. The summed E-state index contributed by atoms with van der Waals surface area (Å²) >= 11 is 0. The van der Waals surface area contributed by atoms with E-state index in [1.165, 1.54) is 42.9 Å². The van der Waals surface area contributed by atoms with Crippen molar-refractivity contribution in [2.75, 3.05) is 25.0 Å². The number of alkyl halides is 3. The molecule has 0 radical (unpaired) electrons. The van der Waals surface area contributed by atoms with E-state index in [-0.39, 0.29) is 67.2 Å². The molecule has 1 saturated heterocycles. The van der Waals surface area contributed by atoms with Crippen LogP contribution >= 0.6 is 13.5 Å². The molecule has 0 bridgehead atoms. The predicted octanol–water partition coefficient (Wildman–Crippen LogP) is 1.79. The van der Waals surface area contributed by atoms with Crippen molar-refractivity contribution in [3.8, 4) is 5.75 Å². The molecule has 3 amide bonds. The van der Waals surface area contributed by atoms with E-state index in [2.05, 4.69) is 10.0 Å². The number of hydrogen-bond acceptors (Lipinski definition) is 6. The number of benzene rings is 1. The molecule has 0 spiro atoms. The highest BCUT2D eigenvalue weighted by molar-refractivity contribution is 7.89. The molecule has 1 aromatic heterocycles. The molecule has 3 atom stereocenters. The van der Waals surface area contributed by atoms with Crippen molar-refractivity contribution >= 4 is 46.9 Å². The molecule has 17 heteroatoms. The Bertz CT molecular complexity index is 1460. The van der Waals surface area contributed by atoms with Gasteiger partial charge in [0.25, 0.3) is 5.91 Å². The van der Waals surface area contributed by atoms with Crippen LogP contribution in [0.5, 0.6) is 5.75 Å². The zero-order valence-electron chi connectivity index (χ0n) is 22.1. The summed E-state index contributed by atoms with van der Waals surface area (Å²) in [5, 5.41) is 4.21. The van der Waals surface area contributed by atoms with E-state index >= 15 is 0 Å². The van der Waals surface area contributed by atoms with Crippen molar-refractivity contribution < 1.29 is 45.1 Å². The minimum atomic E-state index is -4.73. The number of nitrogens with one attached hydrogen (secondary N) is 3. The van der Waals surface area contributed by atoms with Gasteiger partial charge >= 0.3 is 18.0 Å². The van der Waals surface area contributed by atoms with E-state index in [0.29, 0.717) is 6.92 Å². The summed E-state index contributed by atoms with van der Waals surface area (Å²) in [5.41, 5.74) is 0.419. The van der Waals surface area contributed by atoms with Gasteiger partial charge in [-0.25, -0.2) is 17.5 Å². The number of likely N-dealkylation sites (tertiary alicyclic amines) is 1. The molecule has 0 saturated carbocycles. The van der Waals surface area contributed by atoms with Crippen LogP contribution in [0.4, 0.5) is 23.2 Å². The molecule has 3 N–H and O–H groups in total. The Morgan fingerprint density at radius 3 is 2.54 bits per heavy atom. The summed E-state index contributed by atoms with van der Waals surface area (Å²) in [6.07, 6.45) is -3.45. The average Bonchev–Trinajstić information content (AvgIpc) is 3.20. The van der Waals surface area contributed by atoms with Crippen molar-refractivity contribution in [2.24, 2.45) is 13.0 Å². The van der Waals surface area contributed by atoms with Crippen LogP contribution in [0.25, 0.3) is 0 Å². The monoisotopic (exact) mass is 623 g/mol. The van der Waals surface area contributed by atoms with Gasteiger partial charge in [0, 0.05) is 44.0 Å². The maximum absolute atomic E-state index is 13.6. The van der Waals surface area contributed by atoms with Gasteiger partial charge < -0.3 is 24.8 Å². The highest BCUT2D eigenvalue weighted by Crippen LogP contribution is 2.35. The molecular formula is C24H29F4N5O6S2. The SMILES string of the molecule is Cc1cc(NC(=O)c2c3c(cn2C)S(=O)(=O)NC2CCN(C(=O)C(=O)N[C@@H](C)C(F)(F)F)CC2CO3)ccc1F.S. The van der Waals surface area contributed by atoms with E-state index in [4.69, 9.17) is 4.74 Å². The van der Waals surface area contributed by atoms with Crippen LogP contribution in [-0.2, 0) is 26.7 Å². The summed E-state index contributed by atoms with van der Waals surface area (Å²) in [6, 6.07) is 0.974. The number of anilines is 1. The number of amides is 3. The number of aromatic nitrogens is 1. The van der Waals surface area contributed by atoms with Gasteiger partial charge in [0.2, 0.25) is 10.0 Å². The van der Waals surface area contributed by atoms with Crippen LogP contribution in [-0.4, -0.2) is 73.6 Å². The van der Waals surface area contributed by atoms with Crippen molar-refractivity contribution in [3.63, 3.8) is 0 Å². The Morgan fingerprint density at radius 2 is 1.90 bits per heavy atom. The molecule has 3 heterocycles. The van der Waals surface area contributed by atoms with E-state index in [9.17, 15) is 40.4 Å². The Hall–Kier alpha value is -3.31. The third-order valence-electron chi connectivity index (χ3n) is 6.83. The predicted molar refractivity (Wildman–Crippen MR) is 143 cm³/mol. The highest BCUT2D eigenvalue weighted by atomic mass is 32.2. The first-order chi connectivity index (χ1) is 18.6. The average molecular weight is 624 g/mol. The first-order valence-corrected chi connectivity index (χ1v) is 13.6. The van der Waals surface area contributed by atoms with Gasteiger partial charge in [0.05, 0.1) is 6.61 Å². The number of sulfonamides is 1. The second-order valence-electron chi connectivity index (χ2n) is 9.78. The Labute approximate surface area is 240 Å². The summed E-state index contributed by atoms with van der Waals surface area (Å²) in [7, 11) is -2.77. The fourth-order valence-electron chi connectivity index (χ4n) is 4.56. The van der Waals surface area contributed by atoms with Crippen LogP contribution in [0.1, 0.15) is 29.4 Å². The maximum atomic E-state index is 13.6. The lowest BCUT2D eigenvalue weighted by molar-refractivity contribution is -0.162. The second-order valence-corrected chi connectivity index (χ2v) is 11.5. The van der Waals surface area contributed by atoms with E-state index < -0.39 is 57.7 Å². The molecule has 226 valence electrons. The number of carbonyl (C=O) groups is 3. The largest absolute Gasteiger partial charge is 0.489 e. The van der Waals surface area contributed by atoms with Gasteiger partial charge in [0.1, 0.15) is 16.8 Å². The minimum absolute atomic E-state index is 0. The first kappa shape index (κ1) is 32.2. The zero-order chi connectivity index (χ0) is 29.6. The Kier molecular flexibility index (Phi) is 9.34. The van der Waals surface area contributed by atoms with Crippen LogP contribution in [0.3, 0.4) is 0 Å². The molecule has 1 fully saturated rings. The smallest absolute Gasteiger partial charge is 0.408 e. The summed E-state index contributed by atoms with van der Waals surface area (Å²) in [5.74, 6) is -4.75. The lowest BCUT2D eigenvalue weighted by atomic mass is 9.93. The molecular weight excluding hydrogens is 594 g/mol. The number of nitrogens with zero attached hydrogens (tertiary/aromatic N) is 2. The number of carbonyl (C=O) groups excluding carboxylic acids is 3. The summed E-state index contributed by atoms with van der Waals surface area (Å²) < 4.78 is 88.1.